The van der Waals surface area contributed by atoms with Gasteiger partial charge in [-0.3, -0.25) is 9.36 Å². The summed E-state index contributed by atoms with van der Waals surface area (Å²) in [6, 6.07) is 9.96. The second-order valence-corrected chi connectivity index (χ2v) is 6.74. The van der Waals surface area contributed by atoms with Crippen molar-refractivity contribution in [1.29, 1.82) is 0 Å². The van der Waals surface area contributed by atoms with E-state index < -0.39 is 0 Å². The quantitative estimate of drug-likeness (QED) is 0.597. The van der Waals surface area contributed by atoms with Crippen molar-refractivity contribution in [2.45, 2.75) is 31.0 Å². The highest BCUT2D eigenvalue weighted by atomic mass is 32.2. The Bertz CT molecular complexity index is 692. The molecule has 0 unspecified atom stereocenters. The number of thioether (sulfide) groups is 1. The smallest absolute Gasteiger partial charge is 0.233 e. The third kappa shape index (κ3) is 3.87. The summed E-state index contributed by atoms with van der Waals surface area (Å²) in [6.07, 6.45) is 5.28. The molecule has 6 heteroatoms. The van der Waals surface area contributed by atoms with E-state index in [0.29, 0.717) is 12.3 Å². The second-order valence-electron chi connectivity index (χ2n) is 5.80. The zero-order chi connectivity index (χ0) is 16.8. The number of amides is 1. The van der Waals surface area contributed by atoms with E-state index in [9.17, 15) is 4.79 Å². The lowest BCUT2D eigenvalue weighted by Gasteiger charge is -2.26. The summed E-state index contributed by atoms with van der Waals surface area (Å²) in [5.74, 6) is 1.40. The fourth-order valence-corrected chi connectivity index (χ4v) is 3.70. The Morgan fingerprint density at radius 1 is 1.17 bits per heavy atom. The van der Waals surface area contributed by atoms with Crippen LogP contribution in [0.15, 0.2) is 48.1 Å². The number of allylic oxidation sites excluding steroid dienone is 1. The molecule has 5 nitrogen and oxygen atoms in total. The lowest BCUT2D eigenvalue weighted by Crippen LogP contribution is -2.36. The molecular formula is C18H22N4OS. The predicted molar refractivity (Wildman–Crippen MR) is 96.8 cm³/mol. The number of carbonyl (C=O) groups excluding carboxylic acids is 1. The molecule has 0 N–H and O–H groups in total. The van der Waals surface area contributed by atoms with Gasteiger partial charge in [0.2, 0.25) is 5.91 Å². The number of rotatable bonds is 6. The SMILES string of the molecule is C=CCn1c(SCC(=O)N2CCCCC2)nnc1-c1ccccc1. The van der Waals surface area contributed by atoms with Gasteiger partial charge in [-0.05, 0) is 19.3 Å². The Hall–Kier alpha value is -2.08. The average Bonchev–Trinajstić information content (AvgIpc) is 3.04. The molecule has 0 atom stereocenters. The fourth-order valence-electron chi connectivity index (χ4n) is 2.85. The van der Waals surface area contributed by atoms with Gasteiger partial charge in [0.15, 0.2) is 11.0 Å². The van der Waals surface area contributed by atoms with Gasteiger partial charge in [-0.2, -0.15) is 0 Å². The Labute approximate surface area is 146 Å². The van der Waals surface area contributed by atoms with Crippen LogP contribution in [-0.2, 0) is 11.3 Å². The molecular weight excluding hydrogens is 320 g/mol. The number of hydrogen-bond donors (Lipinski definition) is 0. The van der Waals surface area contributed by atoms with Crippen molar-refractivity contribution >= 4 is 17.7 Å². The van der Waals surface area contributed by atoms with E-state index in [1.165, 1.54) is 18.2 Å². The van der Waals surface area contributed by atoms with Crippen LogP contribution in [0.1, 0.15) is 19.3 Å². The van der Waals surface area contributed by atoms with Crippen molar-refractivity contribution in [2.24, 2.45) is 0 Å². The number of benzene rings is 1. The first-order valence-corrected chi connectivity index (χ1v) is 9.28. The van der Waals surface area contributed by atoms with Crippen molar-refractivity contribution in [3.8, 4) is 11.4 Å². The monoisotopic (exact) mass is 342 g/mol. The molecule has 1 aromatic heterocycles. The van der Waals surface area contributed by atoms with Gasteiger partial charge in [0.25, 0.3) is 0 Å². The van der Waals surface area contributed by atoms with E-state index in [-0.39, 0.29) is 5.91 Å². The van der Waals surface area contributed by atoms with Gasteiger partial charge in [-0.25, -0.2) is 0 Å². The van der Waals surface area contributed by atoms with Gasteiger partial charge < -0.3 is 4.90 Å². The van der Waals surface area contributed by atoms with Crippen LogP contribution in [-0.4, -0.2) is 44.4 Å². The first-order chi connectivity index (χ1) is 11.8. The summed E-state index contributed by atoms with van der Waals surface area (Å²) in [5, 5.41) is 9.36. The van der Waals surface area contributed by atoms with E-state index in [2.05, 4.69) is 16.8 Å². The van der Waals surface area contributed by atoms with Crippen LogP contribution < -0.4 is 0 Å². The van der Waals surface area contributed by atoms with Crippen LogP contribution in [0.2, 0.25) is 0 Å². The molecule has 0 spiro atoms. The van der Waals surface area contributed by atoms with Gasteiger partial charge >= 0.3 is 0 Å². The molecule has 24 heavy (non-hydrogen) atoms. The number of carbonyl (C=O) groups is 1. The lowest BCUT2D eigenvalue weighted by atomic mass is 10.1. The van der Waals surface area contributed by atoms with E-state index in [1.54, 1.807) is 0 Å². The third-order valence-electron chi connectivity index (χ3n) is 4.09. The Kier molecular flexibility index (Phi) is 5.69. The van der Waals surface area contributed by atoms with Gasteiger partial charge in [0.05, 0.1) is 5.75 Å². The molecule has 126 valence electrons. The molecule has 0 saturated carbocycles. The van der Waals surface area contributed by atoms with Crippen LogP contribution in [0.25, 0.3) is 11.4 Å². The molecule has 1 amide bonds. The molecule has 3 rings (SSSR count). The molecule has 0 bridgehead atoms. The zero-order valence-corrected chi connectivity index (χ0v) is 14.5. The maximum atomic E-state index is 12.3. The Morgan fingerprint density at radius 2 is 1.92 bits per heavy atom. The van der Waals surface area contributed by atoms with Crippen LogP contribution in [0, 0.1) is 0 Å². The molecule has 0 radical (unpaired) electrons. The van der Waals surface area contributed by atoms with Crippen LogP contribution in [0.4, 0.5) is 0 Å². The summed E-state index contributed by atoms with van der Waals surface area (Å²) in [5.41, 5.74) is 1.01. The van der Waals surface area contributed by atoms with Crippen LogP contribution in [0.3, 0.4) is 0 Å². The molecule has 2 heterocycles. The zero-order valence-electron chi connectivity index (χ0n) is 13.7. The molecule has 1 aliphatic heterocycles. The van der Waals surface area contributed by atoms with Crippen LogP contribution in [0.5, 0.6) is 0 Å². The second kappa shape index (κ2) is 8.15. The summed E-state index contributed by atoms with van der Waals surface area (Å²) in [7, 11) is 0. The minimum absolute atomic E-state index is 0.189. The van der Waals surface area contributed by atoms with E-state index >= 15 is 0 Å². The minimum Gasteiger partial charge on any atom is -0.342 e. The number of piperidine rings is 1. The predicted octanol–water partition coefficient (Wildman–Crippen LogP) is 3.24. The maximum absolute atomic E-state index is 12.3. The number of likely N-dealkylation sites (tertiary alicyclic amines) is 1. The molecule has 1 fully saturated rings. The maximum Gasteiger partial charge on any atom is 0.233 e. The number of aromatic nitrogens is 3. The summed E-state index contributed by atoms with van der Waals surface area (Å²) >= 11 is 1.45. The van der Waals surface area contributed by atoms with Crippen molar-refractivity contribution in [3.05, 3.63) is 43.0 Å². The normalized spacial score (nSPS) is 14.6. The summed E-state index contributed by atoms with van der Waals surface area (Å²) in [6.45, 7) is 6.21. The van der Waals surface area contributed by atoms with Gasteiger partial charge in [0, 0.05) is 25.2 Å². The summed E-state index contributed by atoms with van der Waals surface area (Å²) < 4.78 is 2.01. The van der Waals surface area contributed by atoms with E-state index in [0.717, 1.165) is 42.5 Å². The molecule has 2 aromatic rings. The Morgan fingerprint density at radius 3 is 2.62 bits per heavy atom. The lowest BCUT2D eigenvalue weighted by molar-refractivity contribution is -0.129. The highest BCUT2D eigenvalue weighted by Gasteiger charge is 2.19. The topological polar surface area (TPSA) is 51.0 Å². The highest BCUT2D eigenvalue weighted by molar-refractivity contribution is 7.99. The summed E-state index contributed by atoms with van der Waals surface area (Å²) in [4.78, 5) is 14.3. The molecule has 0 aliphatic carbocycles. The highest BCUT2D eigenvalue weighted by Crippen LogP contribution is 2.24. The van der Waals surface area contributed by atoms with Crippen molar-refractivity contribution in [3.63, 3.8) is 0 Å². The minimum atomic E-state index is 0.189. The van der Waals surface area contributed by atoms with E-state index in [4.69, 9.17) is 0 Å². The number of hydrogen-bond acceptors (Lipinski definition) is 4. The van der Waals surface area contributed by atoms with Crippen molar-refractivity contribution in [2.75, 3.05) is 18.8 Å². The number of nitrogens with zero attached hydrogens (tertiary/aromatic N) is 4. The van der Waals surface area contributed by atoms with Gasteiger partial charge in [-0.15, -0.1) is 16.8 Å². The van der Waals surface area contributed by atoms with Gasteiger partial charge in [0.1, 0.15) is 0 Å². The van der Waals surface area contributed by atoms with Crippen molar-refractivity contribution < 1.29 is 4.79 Å². The largest absolute Gasteiger partial charge is 0.342 e. The fraction of sp³-hybridized carbons (Fsp3) is 0.389. The standard InChI is InChI=1S/C18H22N4OS/c1-2-11-22-17(15-9-5-3-6-10-15)19-20-18(22)24-14-16(23)21-12-7-4-8-13-21/h2-3,5-6,9-10H,1,4,7-8,11-14H2. The average molecular weight is 342 g/mol. The molecule has 1 aromatic carbocycles. The van der Waals surface area contributed by atoms with Crippen molar-refractivity contribution in [1.82, 2.24) is 19.7 Å². The van der Waals surface area contributed by atoms with E-state index in [1.807, 2.05) is 45.9 Å². The van der Waals surface area contributed by atoms with Gasteiger partial charge in [-0.1, -0.05) is 48.2 Å². The first-order valence-electron chi connectivity index (χ1n) is 8.29. The van der Waals surface area contributed by atoms with Crippen LogP contribution >= 0.6 is 11.8 Å². The first kappa shape index (κ1) is 16.8. The third-order valence-corrected chi connectivity index (χ3v) is 5.05. The molecule has 1 saturated heterocycles. The molecule has 1 aliphatic rings. The Balaban J connectivity index is 1.72.